The monoisotopic (exact) mass is 261 g/mol. The van der Waals surface area contributed by atoms with Crippen LogP contribution in [-0.2, 0) is 13.1 Å². The average Bonchev–Trinajstić information content (AvgIpc) is 2.48. The minimum Gasteiger partial charge on any atom is -0.298 e. The fourth-order valence-corrected chi connectivity index (χ4v) is 2.16. The molecule has 0 fully saturated rings. The molecule has 0 spiro atoms. The molecule has 0 bridgehead atoms. The number of nitrogens with zero attached hydrogens (tertiary/aromatic N) is 3. The van der Waals surface area contributed by atoms with Gasteiger partial charge in [-0.3, -0.25) is 4.90 Å². The highest BCUT2D eigenvalue weighted by Crippen LogP contribution is 2.13. The Morgan fingerprint density at radius 3 is 2.50 bits per heavy atom. The molecule has 98 valence electrons. The summed E-state index contributed by atoms with van der Waals surface area (Å²) >= 11 is 0. The van der Waals surface area contributed by atoms with Gasteiger partial charge in [-0.05, 0) is 36.4 Å². The van der Waals surface area contributed by atoms with E-state index >= 15 is 0 Å². The van der Waals surface area contributed by atoms with Crippen LogP contribution in [0.1, 0.15) is 22.3 Å². The summed E-state index contributed by atoms with van der Waals surface area (Å²) in [5, 5.41) is 18.0. The van der Waals surface area contributed by atoms with Crippen molar-refractivity contribution in [2.75, 3.05) is 7.05 Å². The Labute approximate surface area is 119 Å². The molecule has 3 nitrogen and oxygen atoms in total. The van der Waals surface area contributed by atoms with Crippen LogP contribution in [0.2, 0.25) is 0 Å². The van der Waals surface area contributed by atoms with Crippen molar-refractivity contribution in [2.24, 2.45) is 0 Å². The van der Waals surface area contributed by atoms with Gasteiger partial charge in [0.25, 0.3) is 0 Å². The van der Waals surface area contributed by atoms with Gasteiger partial charge in [-0.1, -0.05) is 30.3 Å². The summed E-state index contributed by atoms with van der Waals surface area (Å²) in [6.45, 7) is 1.45. The number of nitriles is 2. The van der Waals surface area contributed by atoms with Gasteiger partial charge in [-0.15, -0.1) is 0 Å². The second kappa shape index (κ2) is 6.52. The van der Waals surface area contributed by atoms with Crippen LogP contribution in [-0.4, -0.2) is 11.9 Å². The Balaban J connectivity index is 2.07. The zero-order valence-electron chi connectivity index (χ0n) is 11.4. The van der Waals surface area contributed by atoms with Gasteiger partial charge in [0, 0.05) is 13.1 Å². The number of rotatable bonds is 4. The van der Waals surface area contributed by atoms with Crippen LogP contribution in [0.3, 0.4) is 0 Å². The summed E-state index contributed by atoms with van der Waals surface area (Å²) < 4.78 is 0. The summed E-state index contributed by atoms with van der Waals surface area (Å²) in [5.41, 5.74) is 3.51. The van der Waals surface area contributed by atoms with Crippen molar-refractivity contribution < 1.29 is 0 Å². The summed E-state index contributed by atoms with van der Waals surface area (Å²) in [5.74, 6) is 0. The molecule has 0 aliphatic carbocycles. The Kier molecular flexibility index (Phi) is 4.50. The Bertz CT molecular complexity index is 677. The van der Waals surface area contributed by atoms with Crippen molar-refractivity contribution in [3.05, 3.63) is 70.8 Å². The minimum absolute atomic E-state index is 0.674. The van der Waals surface area contributed by atoms with Gasteiger partial charge >= 0.3 is 0 Å². The fourth-order valence-electron chi connectivity index (χ4n) is 2.16. The molecule has 20 heavy (non-hydrogen) atoms. The van der Waals surface area contributed by atoms with Gasteiger partial charge in [0.15, 0.2) is 0 Å². The third kappa shape index (κ3) is 3.45. The quantitative estimate of drug-likeness (QED) is 0.850. The molecule has 3 heteroatoms. The lowest BCUT2D eigenvalue weighted by Crippen LogP contribution is -2.17. The topological polar surface area (TPSA) is 50.8 Å². The van der Waals surface area contributed by atoms with Gasteiger partial charge in [-0.2, -0.15) is 10.5 Å². The first kappa shape index (κ1) is 13.8. The van der Waals surface area contributed by atoms with E-state index in [1.165, 1.54) is 0 Å². The van der Waals surface area contributed by atoms with Crippen molar-refractivity contribution in [1.29, 1.82) is 10.5 Å². The minimum atomic E-state index is 0.674. The van der Waals surface area contributed by atoms with E-state index in [1.807, 2.05) is 49.5 Å². The van der Waals surface area contributed by atoms with Crippen LogP contribution in [0.15, 0.2) is 48.5 Å². The zero-order valence-corrected chi connectivity index (χ0v) is 11.4. The second-order valence-electron chi connectivity index (χ2n) is 4.75. The maximum Gasteiger partial charge on any atom is 0.0995 e. The predicted molar refractivity (Wildman–Crippen MR) is 77.5 cm³/mol. The lowest BCUT2D eigenvalue weighted by Gasteiger charge is -2.17. The van der Waals surface area contributed by atoms with Crippen molar-refractivity contribution in [1.82, 2.24) is 4.90 Å². The molecule has 0 aromatic heterocycles. The molecule has 0 N–H and O–H groups in total. The molecular formula is C17H15N3. The first-order valence-electron chi connectivity index (χ1n) is 6.38. The van der Waals surface area contributed by atoms with Crippen LogP contribution in [0.4, 0.5) is 0 Å². The van der Waals surface area contributed by atoms with Crippen LogP contribution in [0, 0.1) is 22.7 Å². The molecule has 0 radical (unpaired) electrons. The third-order valence-corrected chi connectivity index (χ3v) is 3.09. The molecule has 0 heterocycles. The van der Waals surface area contributed by atoms with Crippen LogP contribution in [0.5, 0.6) is 0 Å². The third-order valence-electron chi connectivity index (χ3n) is 3.09. The SMILES string of the molecule is CN(Cc1cccc(C#N)c1)Cc1ccccc1C#N. The lowest BCUT2D eigenvalue weighted by molar-refractivity contribution is 0.319. The Morgan fingerprint density at radius 1 is 0.950 bits per heavy atom. The molecule has 0 saturated heterocycles. The van der Waals surface area contributed by atoms with E-state index < -0.39 is 0 Å². The molecule has 0 unspecified atom stereocenters. The molecule has 0 aliphatic rings. The zero-order chi connectivity index (χ0) is 14.4. The van der Waals surface area contributed by atoms with Crippen LogP contribution >= 0.6 is 0 Å². The molecular weight excluding hydrogens is 246 g/mol. The van der Waals surface area contributed by atoms with E-state index in [4.69, 9.17) is 10.5 Å². The van der Waals surface area contributed by atoms with E-state index in [0.29, 0.717) is 17.7 Å². The highest BCUT2D eigenvalue weighted by atomic mass is 15.1. The Morgan fingerprint density at radius 2 is 1.75 bits per heavy atom. The highest BCUT2D eigenvalue weighted by molar-refractivity contribution is 5.37. The van der Waals surface area contributed by atoms with E-state index in [1.54, 1.807) is 6.07 Å². The van der Waals surface area contributed by atoms with E-state index in [9.17, 15) is 0 Å². The van der Waals surface area contributed by atoms with Crippen molar-refractivity contribution in [3.8, 4) is 12.1 Å². The fraction of sp³-hybridized carbons (Fsp3) is 0.176. The maximum atomic E-state index is 9.08. The first-order chi connectivity index (χ1) is 9.72. The average molecular weight is 261 g/mol. The molecule has 2 aromatic carbocycles. The summed E-state index contributed by atoms with van der Waals surface area (Å²) in [7, 11) is 2.01. The van der Waals surface area contributed by atoms with Gasteiger partial charge < -0.3 is 0 Å². The van der Waals surface area contributed by atoms with E-state index in [2.05, 4.69) is 17.0 Å². The summed E-state index contributed by atoms with van der Waals surface area (Å²) in [6.07, 6.45) is 0. The number of benzene rings is 2. The predicted octanol–water partition coefficient (Wildman–Crippen LogP) is 3.06. The summed E-state index contributed by atoms with van der Waals surface area (Å²) in [6, 6.07) is 19.6. The molecule has 2 rings (SSSR count). The second-order valence-corrected chi connectivity index (χ2v) is 4.75. The van der Waals surface area contributed by atoms with E-state index in [0.717, 1.165) is 17.7 Å². The van der Waals surface area contributed by atoms with Gasteiger partial charge in [0.1, 0.15) is 0 Å². The molecule has 0 amide bonds. The van der Waals surface area contributed by atoms with Crippen molar-refractivity contribution in [2.45, 2.75) is 13.1 Å². The van der Waals surface area contributed by atoms with Crippen LogP contribution in [0.25, 0.3) is 0 Å². The van der Waals surface area contributed by atoms with Crippen LogP contribution < -0.4 is 0 Å². The first-order valence-corrected chi connectivity index (χ1v) is 6.38. The molecule has 2 aromatic rings. The van der Waals surface area contributed by atoms with Crippen molar-refractivity contribution >= 4 is 0 Å². The summed E-state index contributed by atoms with van der Waals surface area (Å²) in [4.78, 5) is 2.13. The standard InChI is InChI=1S/C17H15N3/c1-20(12-15-6-4-5-14(9-15)10-18)13-17-8-3-2-7-16(17)11-19/h2-9H,12-13H2,1H3. The lowest BCUT2D eigenvalue weighted by atomic mass is 10.1. The van der Waals surface area contributed by atoms with Gasteiger partial charge in [-0.25, -0.2) is 0 Å². The normalized spacial score (nSPS) is 10.0. The van der Waals surface area contributed by atoms with Crippen molar-refractivity contribution in [3.63, 3.8) is 0 Å². The number of hydrogen-bond donors (Lipinski definition) is 0. The van der Waals surface area contributed by atoms with Gasteiger partial charge in [0.05, 0.1) is 23.3 Å². The Hall–Kier alpha value is -2.62. The molecule has 0 saturated carbocycles. The maximum absolute atomic E-state index is 9.08. The smallest absolute Gasteiger partial charge is 0.0995 e. The van der Waals surface area contributed by atoms with Gasteiger partial charge in [0.2, 0.25) is 0 Å². The molecule has 0 atom stereocenters. The van der Waals surface area contributed by atoms with E-state index in [-0.39, 0.29) is 0 Å². The molecule has 0 aliphatic heterocycles. The number of hydrogen-bond acceptors (Lipinski definition) is 3. The highest BCUT2D eigenvalue weighted by Gasteiger charge is 2.06. The largest absolute Gasteiger partial charge is 0.298 e.